The maximum atomic E-state index is 13.0. The first kappa shape index (κ1) is 36.0. The molecule has 2 aromatic carbocycles. The van der Waals surface area contributed by atoms with Gasteiger partial charge >= 0.3 is 18.1 Å². The molecule has 0 atom stereocenters. The van der Waals surface area contributed by atoms with Crippen LogP contribution in [0.5, 0.6) is 0 Å². The van der Waals surface area contributed by atoms with Crippen LogP contribution in [0, 0.1) is 0 Å². The van der Waals surface area contributed by atoms with Gasteiger partial charge < -0.3 is 38.5 Å². The lowest BCUT2D eigenvalue weighted by molar-refractivity contribution is -0.145. The third-order valence-electron chi connectivity index (χ3n) is 5.51. The lowest BCUT2D eigenvalue weighted by atomic mass is 10.1. The van der Waals surface area contributed by atoms with Gasteiger partial charge in [0.2, 0.25) is 0 Å². The number of nitrogens with one attached hydrogen (secondary N) is 1. The Hall–Kier alpha value is -3.23. The highest BCUT2D eigenvalue weighted by Crippen LogP contribution is 2.32. The number of anilines is 2. The average Bonchev–Trinajstić information content (AvgIpc) is 2.98. The maximum Gasteiger partial charge on any atom is 0.416 e. The highest BCUT2D eigenvalue weighted by Gasteiger charge is 2.30. The van der Waals surface area contributed by atoms with Gasteiger partial charge in [-0.1, -0.05) is 25.1 Å². The molecule has 0 bridgehead atoms. The van der Waals surface area contributed by atoms with Crippen molar-refractivity contribution in [3.63, 3.8) is 0 Å². The fourth-order valence-electron chi connectivity index (χ4n) is 3.44. The second kappa shape index (κ2) is 21.5. The van der Waals surface area contributed by atoms with Crippen molar-refractivity contribution in [2.24, 2.45) is 0 Å². The lowest BCUT2D eigenvalue weighted by Gasteiger charge is -2.13. The average molecular weight is 616 g/mol. The normalized spacial score (nSPS) is 11.3. The first-order valence-corrected chi connectivity index (χ1v) is 14.1. The fourth-order valence-corrected chi connectivity index (χ4v) is 3.44. The van der Waals surface area contributed by atoms with E-state index in [-0.39, 0.29) is 37.0 Å². The van der Waals surface area contributed by atoms with E-state index in [4.69, 9.17) is 33.2 Å². The molecule has 0 aliphatic carbocycles. The van der Waals surface area contributed by atoms with Gasteiger partial charge in [0, 0.05) is 12.1 Å². The number of rotatable bonds is 23. The number of carbonyl (C=O) groups is 2. The van der Waals surface area contributed by atoms with Crippen LogP contribution in [-0.4, -0.2) is 91.2 Å². The Morgan fingerprint density at radius 3 is 1.72 bits per heavy atom. The summed E-state index contributed by atoms with van der Waals surface area (Å²) in [5, 5.41) is 2.85. The minimum absolute atomic E-state index is 0.00269. The Kier molecular flexibility index (Phi) is 17.9. The van der Waals surface area contributed by atoms with E-state index in [2.05, 4.69) is 5.32 Å². The van der Waals surface area contributed by atoms with Gasteiger partial charge in [0.05, 0.1) is 82.9 Å². The molecule has 0 saturated carbocycles. The van der Waals surface area contributed by atoms with Crippen LogP contribution in [0.3, 0.4) is 0 Å². The Morgan fingerprint density at radius 1 is 0.674 bits per heavy atom. The van der Waals surface area contributed by atoms with Crippen molar-refractivity contribution in [3.05, 3.63) is 59.7 Å². The van der Waals surface area contributed by atoms with Crippen LogP contribution in [0.25, 0.3) is 0 Å². The summed E-state index contributed by atoms with van der Waals surface area (Å²) in [4.78, 5) is 23.7. The van der Waals surface area contributed by atoms with E-state index in [0.717, 1.165) is 18.6 Å². The Balaban J connectivity index is 1.45. The number of para-hydroxylation sites is 1. The third kappa shape index (κ3) is 16.3. The Morgan fingerprint density at radius 2 is 1.19 bits per heavy atom. The predicted octanol–water partition coefficient (Wildman–Crippen LogP) is 5.03. The van der Waals surface area contributed by atoms with Crippen LogP contribution in [0.2, 0.25) is 0 Å². The summed E-state index contributed by atoms with van der Waals surface area (Å²) >= 11 is 0. The van der Waals surface area contributed by atoms with Crippen molar-refractivity contribution in [2.45, 2.75) is 25.9 Å². The number of alkyl halides is 3. The van der Waals surface area contributed by atoms with Crippen LogP contribution in [0.4, 0.5) is 24.5 Å². The topological polar surface area (TPSA) is 111 Å². The van der Waals surface area contributed by atoms with Crippen LogP contribution in [0.15, 0.2) is 48.5 Å². The number of ether oxygens (including phenoxy) is 7. The lowest BCUT2D eigenvalue weighted by Crippen LogP contribution is -2.16. The highest BCUT2D eigenvalue weighted by atomic mass is 19.4. The molecule has 0 aromatic heterocycles. The van der Waals surface area contributed by atoms with Crippen molar-refractivity contribution < 1.29 is 55.9 Å². The molecule has 13 heteroatoms. The number of carbonyl (C=O) groups excluding carboxylic acids is 2. The second-order valence-electron chi connectivity index (χ2n) is 8.92. The van der Waals surface area contributed by atoms with Gasteiger partial charge in [0.1, 0.15) is 13.2 Å². The molecule has 0 saturated heterocycles. The van der Waals surface area contributed by atoms with E-state index in [0.29, 0.717) is 71.6 Å². The first-order chi connectivity index (χ1) is 20.8. The summed E-state index contributed by atoms with van der Waals surface area (Å²) in [6.45, 7) is 5.71. The molecule has 0 heterocycles. The van der Waals surface area contributed by atoms with E-state index in [1.165, 1.54) is 18.2 Å². The third-order valence-corrected chi connectivity index (χ3v) is 5.51. The van der Waals surface area contributed by atoms with Crippen LogP contribution in [0.1, 0.15) is 35.7 Å². The predicted molar refractivity (Wildman–Crippen MR) is 151 cm³/mol. The number of halogens is 3. The minimum atomic E-state index is -4.48. The Labute approximate surface area is 249 Å². The zero-order chi connectivity index (χ0) is 31.2. The molecule has 1 N–H and O–H groups in total. The molecule has 0 spiro atoms. The van der Waals surface area contributed by atoms with Gasteiger partial charge in [-0.3, -0.25) is 4.79 Å². The molecule has 43 heavy (non-hydrogen) atoms. The quantitative estimate of drug-likeness (QED) is 0.135. The summed E-state index contributed by atoms with van der Waals surface area (Å²) in [5.41, 5.74) is -0.0964. The largest absolute Gasteiger partial charge is 0.463 e. The summed E-state index contributed by atoms with van der Waals surface area (Å²) in [6.07, 6.45) is -3.30. The summed E-state index contributed by atoms with van der Waals surface area (Å²) in [7, 11) is 0. The molecule has 0 aliphatic heterocycles. The van der Waals surface area contributed by atoms with Crippen LogP contribution >= 0.6 is 0 Å². The number of benzene rings is 2. The van der Waals surface area contributed by atoms with E-state index in [1.54, 1.807) is 18.2 Å². The monoisotopic (exact) mass is 615 g/mol. The van der Waals surface area contributed by atoms with Crippen molar-refractivity contribution in [3.8, 4) is 0 Å². The van der Waals surface area contributed by atoms with Crippen molar-refractivity contribution in [1.82, 2.24) is 0 Å². The minimum Gasteiger partial charge on any atom is -0.463 e. The number of esters is 2. The fraction of sp³-hybridized carbons (Fsp3) is 0.533. The molecule has 0 unspecified atom stereocenters. The van der Waals surface area contributed by atoms with Gasteiger partial charge in [-0.05, 0) is 36.8 Å². The van der Waals surface area contributed by atoms with Crippen LogP contribution in [-0.2, 0) is 44.1 Å². The molecule has 0 fully saturated rings. The van der Waals surface area contributed by atoms with Gasteiger partial charge in [0.15, 0.2) is 0 Å². The zero-order valence-corrected chi connectivity index (χ0v) is 24.3. The van der Waals surface area contributed by atoms with Gasteiger partial charge in [-0.2, -0.15) is 13.2 Å². The molecule has 240 valence electrons. The molecular weight excluding hydrogens is 575 g/mol. The Bertz CT molecular complexity index is 1070. The number of hydrogen-bond acceptors (Lipinski definition) is 10. The SMILES string of the molecule is CCCC(=O)OCCOCCOCCOCCOCCOCCOC(=O)c1ccccc1Nc1cccc(C(F)(F)F)c1. The van der Waals surface area contributed by atoms with Crippen molar-refractivity contribution in [1.29, 1.82) is 0 Å². The van der Waals surface area contributed by atoms with Gasteiger partial charge in [0.25, 0.3) is 0 Å². The molecular formula is C30H40F3NO9. The molecule has 0 aliphatic rings. The van der Waals surface area contributed by atoms with Gasteiger partial charge in [-0.25, -0.2) is 4.79 Å². The molecule has 10 nitrogen and oxygen atoms in total. The van der Waals surface area contributed by atoms with Crippen molar-refractivity contribution in [2.75, 3.05) is 84.6 Å². The second-order valence-corrected chi connectivity index (χ2v) is 8.92. The highest BCUT2D eigenvalue weighted by molar-refractivity contribution is 5.96. The molecule has 0 radical (unpaired) electrons. The van der Waals surface area contributed by atoms with E-state index in [9.17, 15) is 22.8 Å². The maximum absolute atomic E-state index is 13.0. The molecule has 2 aromatic rings. The summed E-state index contributed by atoms with van der Waals surface area (Å²) < 4.78 is 76.1. The zero-order valence-electron chi connectivity index (χ0n) is 24.3. The summed E-state index contributed by atoms with van der Waals surface area (Å²) in [6, 6.07) is 11.1. The standard InChI is InChI=1S/C30H40F3NO9/c1-2-6-28(35)42-21-19-40-17-15-38-13-11-37-12-14-39-16-18-41-20-22-43-29(36)26-9-3-4-10-27(26)34-25-8-5-7-24(23-25)30(31,32)33/h3-5,7-10,23,34H,2,6,11-22H2,1H3. The first-order valence-electron chi connectivity index (χ1n) is 14.1. The van der Waals surface area contributed by atoms with Gasteiger partial charge in [-0.15, -0.1) is 0 Å². The smallest absolute Gasteiger partial charge is 0.416 e. The number of hydrogen-bond donors (Lipinski definition) is 1. The molecule has 0 amide bonds. The van der Waals surface area contributed by atoms with E-state index >= 15 is 0 Å². The van der Waals surface area contributed by atoms with Crippen molar-refractivity contribution >= 4 is 23.3 Å². The molecule has 2 rings (SSSR count). The summed E-state index contributed by atoms with van der Waals surface area (Å²) in [5.74, 6) is -0.847. The van der Waals surface area contributed by atoms with E-state index in [1.807, 2.05) is 6.92 Å². The van der Waals surface area contributed by atoms with Crippen LogP contribution < -0.4 is 5.32 Å². The van der Waals surface area contributed by atoms with E-state index < -0.39 is 17.7 Å².